The third kappa shape index (κ3) is 5.10. The Bertz CT molecular complexity index is 1490. The van der Waals surface area contributed by atoms with E-state index in [1.165, 1.54) is 16.9 Å². The van der Waals surface area contributed by atoms with Gasteiger partial charge in [0.1, 0.15) is 6.54 Å². The summed E-state index contributed by atoms with van der Waals surface area (Å²) in [5.74, 6) is -1.82. The standard InChI is InChI=1S/C21H16ClF3N10O/c1-11-5-12(8-26)6-15(18(27)36)17(11)29-9-14-7-13(10-34-32-20(30-33-34)21(23,24)25)31-35(14)19-16(22)3-2-4-28-19/h2-7,29H,9-10H2,1H3,(H2,27,36). The fraction of sp³-hybridized carbons (Fsp3) is 0.190. The van der Waals surface area contributed by atoms with Gasteiger partial charge in [0.2, 0.25) is 0 Å². The molecule has 1 amide bonds. The van der Waals surface area contributed by atoms with Gasteiger partial charge in [-0.05, 0) is 48.0 Å². The number of nitriles is 1. The molecule has 0 saturated heterocycles. The first-order valence-electron chi connectivity index (χ1n) is 10.2. The van der Waals surface area contributed by atoms with Crippen molar-refractivity contribution in [2.75, 3.05) is 5.32 Å². The van der Waals surface area contributed by atoms with E-state index in [1.807, 2.05) is 6.07 Å². The van der Waals surface area contributed by atoms with Crippen LogP contribution in [0.25, 0.3) is 5.82 Å². The van der Waals surface area contributed by atoms with Gasteiger partial charge < -0.3 is 11.1 Å². The van der Waals surface area contributed by atoms with Crippen LogP contribution in [0.3, 0.4) is 0 Å². The van der Waals surface area contributed by atoms with Gasteiger partial charge in [-0.3, -0.25) is 4.79 Å². The zero-order valence-corrected chi connectivity index (χ0v) is 19.2. The van der Waals surface area contributed by atoms with Gasteiger partial charge in [0.05, 0.1) is 45.8 Å². The Morgan fingerprint density at radius 1 is 1.28 bits per heavy atom. The van der Waals surface area contributed by atoms with Crippen LogP contribution in [0.4, 0.5) is 18.9 Å². The lowest BCUT2D eigenvalue weighted by Gasteiger charge is -2.15. The van der Waals surface area contributed by atoms with Crippen LogP contribution < -0.4 is 11.1 Å². The van der Waals surface area contributed by atoms with Crippen molar-refractivity contribution < 1.29 is 18.0 Å². The van der Waals surface area contributed by atoms with Crippen LogP contribution in [0.1, 0.15) is 38.7 Å². The Labute approximate surface area is 206 Å². The van der Waals surface area contributed by atoms with E-state index in [9.17, 15) is 23.2 Å². The van der Waals surface area contributed by atoms with Gasteiger partial charge in [-0.15, -0.1) is 10.2 Å². The number of tetrazole rings is 1. The quantitative estimate of drug-likeness (QED) is 0.380. The number of nitrogens with zero attached hydrogens (tertiary/aromatic N) is 8. The maximum Gasteiger partial charge on any atom is 0.455 e. The number of anilines is 1. The lowest BCUT2D eigenvalue weighted by atomic mass is 10.0. The Kier molecular flexibility index (Phi) is 6.58. The monoisotopic (exact) mass is 516 g/mol. The normalized spacial score (nSPS) is 11.3. The van der Waals surface area contributed by atoms with E-state index in [1.54, 1.807) is 31.2 Å². The summed E-state index contributed by atoms with van der Waals surface area (Å²) in [5, 5.41) is 26.8. The molecule has 0 atom stereocenters. The highest BCUT2D eigenvalue weighted by molar-refractivity contribution is 6.32. The molecule has 3 aromatic heterocycles. The zero-order chi connectivity index (χ0) is 26.0. The van der Waals surface area contributed by atoms with E-state index in [4.69, 9.17) is 17.3 Å². The molecule has 0 aliphatic rings. The molecule has 11 nitrogen and oxygen atoms in total. The average Bonchev–Trinajstić information content (AvgIpc) is 3.45. The molecule has 3 heterocycles. The maximum atomic E-state index is 12.8. The first-order valence-corrected chi connectivity index (χ1v) is 10.6. The molecule has 4 rings (SSSR count). The molecule has 0 aliphatic carbocycles. The summed E-state index contributed by atoms with van der Waals surface area (Å²) in [5.41, 5.74) is 7.72. The Hall–Kier alpha value is -4.51. The highest BCUT2D eigenvalue weighted by atomic mass is 35.5. The summed E-state index contributed by atoms with van der Waals surface area (Å²) in [6, 6.07) is 9.78. The fourth-order valence-electron chi connectivity index (χ4n) is 3.42. The molecule has 0 unspecified atom stereocenters. The molecule has 184 valence electrons. The summed E-state index contributed by atoms with van der Waals surface area (Å²) in [6.45, 7) is 1.59. The lowest BCUT2D eigenvalue weighted by Crippen LogP contribution is -2.17. The highest BCUT2D eigenvalue weighted by Crippen LogP contribution is 2.26. The van der Waals surface area contributed by atoms with Crippen molar-refractivity contribution in [1.82, 2.24) is 35.0 Å². The van der Waals surface area contributed by atoms with Gasteiger partial charge in [-0.25, -0.2) is 9.67 Å². The molecule has 4 aromatic rings. The fourth-order valence-corrected chi connectivity index (χ4v) is 3.62. The van der Waals surface area contributed by atoms with Crippen molar-refractivity contribution in [2.45, 2.75) is 26.2 Å². The minimum Gasteiger partial charge on any atom is -0.379 e. The summed E-state index contributed by atoms with van der Waals surface area (Å²) in [6.07, 6.45) is -3.23. The molecule has 0 radical (unpaired) electrons. The van der Waals surface area contributed by atoms with E-state index in [0.29, 0.717) is 22.6 Å². The summed E-state index contributed by atoms with van der Waals surface area (Å²) in [4.78, 5) is 17.0. The number of amides is 1. The minimum atomic E-state index is -4.73. The van der Waals surface area contributed by atoms with Crippen molar-refractivity contribution in [2.24, 2.45) is 5.73 Å². The van der Waals surface area contributed by atoms with Gasteiger partial charge in [-0.2, -0.15) is 28.3 Å². The lowest BCUT2D eigenvalue weighted by molar-refractivity contribution is -0.145. The Balaban J connectivity index is 1.69. The molecule has 0 aliphatic heterocycles. The number of nitrogens with two attached hydrogens (primary N) is 1. The Morgan fingerprint density at radius 3 is 2.69 bits per heavy atom. The smallest absolute Gasteiger partial charge is 0.379 e. The number of aromatic nitrogens is 7. The van der Waals surface area contributed by atoms with Crippen molar-refractivity contribution in [3.05, 3.63) is 75.5 Å². The molecule has 0 bridgehead atoms. The van der Waals surface area contributed by atoms with Crippen LogP contribution in [-0.2, 0) is 19.3 Å². The number of aryl methyl sites for hydroxylation is 1. The summed E-state index contributed by atoms with van der Waals surface area (Å²) in [7, 11) is 0. The van der Waals surface area contributed by atoms with Gasteiger partial charge in [0.25, 0.3) is 11.7 Å². The number of hydrogen-bond acceptors (Lipinski definition) is 8. The number of rotatable bonds is 7. The largest absolute Gasteiger partial charge is 0.455 e. The molecule has 0 fully saturated rings. The van der Waals surface area contributed by atoms with Gasteiger partial charge in [-0.1, -0.05) is 11.6 Å². The molecule has 36 heavy (non-hydrogen) atoms. The van der Waals surface area contributed by atoms with Crippen molar-refractivity contribution in [1.29, 1.82) is 5.26 Å². The van der Waals surface area contributed by atoms with Crippen LogP contribution in [0.2, 0.25) is 5.02 Å². The number of hydrogen-bond donors (Lipinski definition) is 2. The number of carbonyl (C=O) groups is 1. The average molecular weight is 517 g/mol. The maximum absolute atomic E-state index is 12.8. The van der Waals surface area contributed by atoms with E-state index in [2.05, 4.69) is 30.8 Å². The number of primary amides is 1. The van der Waals surface area contributed by atoms with Crippen molar-refractivity contribution >= 4 is 23.2 Å². The van der Waals surface area contributed by atoms with Crippen LogP contribution in [0, 0.1) is 18.3 Å². The number of pyridine rings is 1. The minimum absolute atomic E-state index is 0.0888. The predicted molar refractivity (Wildman–Crippen MR) is 120 cm³/mol. The van der Waals surface area contributed by atoms with Gasteiger partial charge >= 0.3 is 6.18 Å². The zero-order valence-electron chi connectivity index (χ0n) is 18.5. The van der Waals surface area contributed by atoms with E-state index in [-0.39, 0.29) is 35.1 Å². The second kappa shape index (κ2) is 9.62. The van der Waals surface area contributed by atoms with E-state index < -0.39 is 17.9 Å². The third-order valence-electron chi connectivity index (χ3n) is 4.96. The third-order valence-corrected chi connectivity index (χ3v) is 5.25. The highest BCUT2D eigenvalue weighted by Gasteiger charge is 2.36. The van der Waals surface area contributed by atoms with Crippen LogP contribution in [0.15, 0.2) is 36.5 Å². The van der Waals surface area contributed by atoms with Crippen LogP contribution >= 0.6 is 11.6 Å². The van der Waals surface area contributed by atoms with Crippen molar-refractivity contribution in [3.8, 4) is 11.9 Å². The van der Waals surface area contributed by atoms with Gasteiger partial charge in [0.15, 0.2) is 5.82 Å². The number of alkyl halides is 3. The summed E-state index contributed by atoms with van der Waals surface area (Å²) >= 11 is 6.30. The van der Waals surface area contributed by atoms with Crippen molar-refractivity contribution in [3.63, 3.8) is 0 Å². The number of carbonyl (C=O) groups excluding carboxylic acids is 1. The van der Waals surface area contributed by atoms with Crippen LogP contribution in [0.5, 0.6) is 0 Å². The molecule has 3 N–H and O–H groups in total. The SMILES string of the molecule is Cc1cc(C#N)cc(C(N)=O)c1NCc1cc(Cn2nnc(C(F)(F)F)n2)nn1-c1ncccc1Cl. The Morgan fingerprint density at radius 2 is 2.06 bits per heavy atom. The number of benzene rings is 1. The number of nitrogens with one attached hydrogen (secondary N) is 1. The predicted octanol–water partition coefficient (Wildman–Crippen LogP) is 2.87. The number of halogens is 4. The first kappa shape index (κ1) is 24.6. The van der Waals surface area contributed by atoms with E-state index in [0.717, 1.165) is 4.80 Å². The first-order chi connectivity index (χ1) is 17.1. The van der Waals surface area contributed by atoms with Gasteiger partial charge in [0, 0.05) is 6.20 Å². The molecular formula is C21H16ClF3N10O. The molecule has 15 heteroatoms. The molecule has 0 spiro atoms. The second-order valence-electron chi connectivity index (χ2n) is 7.53. The molecular weight excluding hydrogens is 501 g/mol. The second-order valence-corrected chi connectivity index (χ2v) is 7.94. The summed E-state index contributed by atoms with van der Waals surface area (Å²) < 4.78 is 39.9. The van der Waals surface area contributed by atoms with E-state index >= 15 is 0 Å². The topological polar surface area (TPSA) is 153 Å². The molecule has 0 saturated carbocycles. The molecule has 1 aromatic carbocycles. The van der Waals surface area contributed by atoms with Crippen LogP contribution in [-0.4, -0.2) is 40.9 Å².